The van der Waals surface area contributed by atoms with Crippen LogP contribution in [0.2, 0.25) is 10.0 Å². The monoisotopic (exact) mass is 296 g/mol. The average molecular weight is 297 g/mol. The fraction of sp³-hybridized carbons (Fsp3) is 0.400. The lowest BCUT2D eigenvalue weighted by atomic mass is 10.3. The molecular weight excluding hydrogens is 283 g/mol. The van der Waals surface area contributed by atoms with Gasteiger partial charge in [0.2, 0.25) is 10.0 Å². The Morgan fingerprint density at radius 1 is 1.18 bits per heavy atom. The zero-order valence-electron chi connectivity index (χ0n) is 9.12. The van der Waals surface area contributed by atoms with Crippen molar-refractivity contribution >= 4 is 33.2 Å². The number of benzene rings is 1. The molecule has 4 nitrogen and oxygen atoms in total. The number of rotatable bonds is 6. The van der Waals surface area contributed by atoms with E-state index >= 15 is 0 Å². The molecule has 0 saturated heterocycles. The summed E-state index contributed by atoms with van der Waals surface area (Å²) >= 11 is 11.7. The smallest absolute Gasteiger partial charge is 0.243 e. The molecule has 0 atom stereocenters. The molecular formula is C10H14Cl2N2O2S. The van der Waals surface area contributed by atoms with Crippen molar-refractivity contribution in [3.05, 3.63) is 28.2 Å². The highest BCUT2D eigenvalue weighted by atomic mass is 35.5. The van der Waals surface area contributed by atoms with Gasteiger partial charge in [0.15, 0.2) is 0 Å². The largest absolute Gasteiger partial charge is 0.330 e. The maximum Gasteiger partial charge on any atom is 0.243 e. The van der Waals surface area contributed by atoms with Crippen LogP contribution in [0.1, 0.15) is 12.8 Å². The number of sulfonamides is 1. The highest BCUT2D eigenvalue weighted by Gasteiger charge is 2.20. The highest BCUT2D eigenvalue weighted by molar-refractivity contribution is 7.89. The third kappa shape index (κ3) is 4.12. The van der Waals surface area contributed by atoms with Gasteiger partial charge < -0.3 is 5.73 Å². The molecule has 0 heterocycles. The minimum Gasteiger partial charge on any atom is -0.330 e. The normalized spacial score (nSPS) is 11.7. The topological polar surface area (TPSA) is 72.2 Å². The lowest BCUT2D eigenvalue weighted by Crippen LogP contribution is -2.25. The van der Waals surface area contributed by atoms with E-state index in [1.807, 2.05) is 0 Å². The first-order valence-electron chi connectivity index (χ1n) is 5.13. The van der Waals surface area contributed by atoms with Crippen LogP contribution < -0.4 is 10.5 Å². The molecule has 0 spiro atoms. The number of hydrogen-bond donors (Lipinski definition) is 2. The Morgan fingerprint density at radius 2 is 1.76 bits per heavy atom. The molecule has 1 aromatic carbocycles. The summed E-state index contributed by atoms with van der Waals surface area (Å²) in [5.74, 6) is 0. The zero-order valence-corrected chi connectivity index (χ0v) is 11.4. The summed E-state index contributed by atoms with van der Waals surface area (Å²) in [6.07, 6.45) is 1.44. The minimum absolute atomic E-state index is 0.0731. The average Bonchev–Trinajstić information content (AvgIpc) is 2.24. The fourth-order valence-corrected chi connectivity index (χ4v) is 3.50. The highest BCUT2D eigenvalue weighted by Crippen LogP contribution is 2.28. The third-order valence-electron chi connectivity index (χ3n) is 2.11. The number of nitrogens with two attached hydrogens (primary N) is 1. The van der Waals surface area contributed by atoms with E-state index in [-0.39, 0.29) is 14.9 Å². The van der Waals surface area contributed by atoms with Crippen LogP contribution in [0.15, 0.2) is 23.1 Å². The van der Waals surface area contributed by atoms with Crippen molar-refractivity contribution in [1.29, 1.82) is 0 Å². The van der Waals surface area contributed by atoms with E-state index in [1.54, 1.807) is 6.07 Å². The second kappa shape index (κ2) is 6.56. The van der Waals surface area contributed by atoms with Crippen molar-refractivity contribution in [3.63, 3.8) is 0 Å². The summed E-state index contributed by atoms with van der Waals surface area (Å²) in [5.41, 5.74) is 5.32. The van der Waals surface area contributed by atoms with Crippen LogP contribution >= 0.6 is 23.2 Å². The van der Waals surface area contributed by atoms with Gasteiger partial charge >= 0.3 is 0 Å². The molecule has 3 N–H and O–H groups in total. The maximum atomic E-state index is 11.9. The van der Waals surface area contributed by atoms with Gasteiger partial charge in [-0.25, -0.2) is 13.1 Å². The minimum atomic E-state index is -3.66. The Labute approximate surface area is 111 Å². The first-order valence-corrected chi connectivity index (χ1v) is 7.36. The Balaban J connectivity index is 2.83. The quantitative estimate of drug-likeness (QED) is 0.789. The van der Waals surface area contributed by atoms with E-state index < -0.39 is 10.0 Å². The van der Waals surface area contributed by atoms with Gasteiger partial charge in [0.1, 0.15) is 4.90 Å². The molecule has 0 bridgehead atoms. The molecule has 0 radical (unpaired) electrons. The molecule has 0 aliphatic rings. The molecule has 0 aromatic heterocycles. The molecule has 1 aromatic rings. The number of nitrogens with one attached hydrogen (secondary N) is 1. The predicted octanol–water partition coefficient (Wildman–Crippen LogP) is 2.01. The molecule has 0 fully saturated rings. The Hall–Kier alpha value is -0.330. The second-order valence-electron chi connectivity index (χ2n) is 3.44. The SMILES string of the molecule is NCCCCNS(=O)(=O)c1c(Cl)cccc1Cl. The maximum absolute atomic E-state index is 11.9. The van der Waals surface area contributed by atoms with Crippen LogP contribution in [0.3, 0.4) is 0 Å². The summed E-state index contributed by atoms with van der Waals surface area (Å²) in [5, 5.41) is 0.229. The molecule has 17 heavy (non-hydrogen) atoms. The van der Waals surface area contributed by atoms with Crippen LogP contribution in [0.25, 0.3) is 0 Å². The van der Waals surface area contributed by atoms with E-state index in [0.717, 1.165) is 6.42 Å². The third-order valence-corrected chi connectivity index (χ3v) is 4.53. The van der Waals surface area contributed by atoms with Crippen molar-refractivity contribution in [1.82, 2.24) is 4.72 Å². The predicted molar refractivity (Wildman–Crippen MR) is 69.9 cm³/mol. The number of halogens is 2. The molecule has 0 amide bonds. The van der Waals surface area contributed by atoms with E-state index in [1.165, 1.54) is 12.1 Å². The van der Waals surface area contributed by atoms with Crippen molar-refractivity contribution in [2.45, 2.75) is 17.7 Å². The summed E-state index contributed by atoms with van der Waals surface area (Å²) < 4.78 is 26.3. The van der Waals surface area contributed by atoms with E-state index in [0.29, 0.717) is 19.5 Å². The van der Waals surface area contributed by atoms with Gasteiger partial charge in [0.05, 0.1) is 10.0 Å². The van der Waals surface area contributed by atoms with Crippen molar-refractivity contribution in [2.75, 3.05) is 13.1 Å². The molecule has 1 rings (SSSR count). The zero-order chi connectivity index (χ0) is 12.9. The standard InChI is InChI=1S/C10H14Cl2N2O2S/c11-8-4-3-5-9(12)10(8)17(15,16)14-7-2-1-6-13/h3-5,14H,1-2,6-7,13H2. The Kier molecular flexibility index (Phi) is 5.69. The molecule has 0 saturated carbocycles. The van der Waals surface area contributed by atoms with Gasteiger partial charge in [-0.1, -0.05) is 29.3 Å². The lowest BCUT2D eigenvalue weighted by Gasteiger charge is -2.09. The van der Waals surface area contributed by atoms with Crippen molar-refractivity contribution in [2.24, 2.45) is 5.73 Å². The Bertz CT molecular complexity index is 457. The molecule has 0 aliphatic carbocycles. The van der Waals surface area contributed by atoms with E-state index in [4.69, 9.17) is 28.9 Å². The first-order chi connectivity index (χ1) is 7.99. The molecule has 0 unspecified atom stereocenters. The van der Waals surface area contributed by atoms with Gasteiger partial charge in [-0.15, -0.1) is 0 Å². The van der Waals surface area contributed by atoms with Gasteiger partial charge in [0.25, 0.3) is 0 Å². The lowest BCUT2D eigenvalue weighted by molar-refractivity contribution is 0.577. The Morgan fingerprint density at radius 3 is 2.29 bits per heavy atom. The number of hydrogen-bond acceptors (Lipinski definition) is 3. The van der Waals surface area contributed by atoms with Crippen LogP contribution in [-0.2, 0) is 10.0 Å². The van der Waals surface area contributed by atoms with Gasteiger partial charge in [-0.05, 0) is 31.5 Å². The molecule has 96 valence electrons. The fourth-order valence-electron chi connectivity index (χ4n) is 1.29. The van der Waals surface area contributed by atoms with Crippen molar-refractivity contribution < 1.29 is 8.42 Å². The van der Waals surface area contributed by atoms with Crippen LogP contribution in [-0.4, -0.2) is 21.5 Å². The van der Waals surface area contributed by atoms with Crippen molar-refractivity contribution in [3.8, 4) is 0 Å². The summed E-state index contributed by atoms with van der Waals surface area (Å²) in [6, 6.07) is 4.57. The molecule has 0 aliphatic heterocycles. The van der Waals surface area contributed by atoms with Crippen LogP contribution in [0.5, 0.6) is 0 Å². The summed E-state index contributed by atoms with van der Waals surface area (Å²) in [6.45, 7) is 0.857. The van der Waals surface area contributed by atoms with Crippen LogP contribution in [0, 0.1) is 0 Å². The second-order valence-corrected chi connectivity index (χ2v) is 5.96. The first kappa shape index (κ1) is 14.7. The summed E-state index contributed by atoms with van der Waals surface area (Å²) in [4.78, 5) is -0.0731. The van der Waals surface area contributed by atoms with Gasteiger partial charge in [0, 0.05) is 6.54 Å². The number of unbranched alkanes of at least 4 members (excludes halogenated alkanes) is 1. The van der Waals surface area contributed by atoms with Gasteiger partial charge in [-0.3, -0.25) is 0 Å². The van der Waals surface area contributed by atoms with Crippen LogP contribution in [0.4, 0.5) is 0 Å². The van der Waals surface area contributed by atoms with E-state index in [9.17, 15) is 8.42 Å². The summed E-state index contributed by atoms with van der Waals surface area (Å²) in [7, 11) is -3.66. The van der Waals surface area contributed by atoms with E-state index in [2.05, 4.69) is 4.72 Å². The molecule has 7 heteroatoms. The van der Waals surface area contributed by atoms with Gasteiger partial charge in [-0.2, -0.15) is 0 Å².